The van der Waals surface area contributed by atoms with Gasteiger partial charge in [-0.3, -0.25) is 9.59 Å². The second kappa shape index (κ2) is 6.53. The van der Waals surface area contributed by atoms with Gasteiger partial charge in [-0.05, 0) is 19.8 Å². The Morgan fingerprint density at radius 2 is 2.09 bits per heavy atom. The van der Waals surface area contributed by atoms with Crippen LogP contribution in [0.3, 0.4) is 0 Å². The van der Waals surface area contributed by atoms with Gasteiger partial charge in [-0.1, -0.05) is 11.8 Å². The fourth-order valence-corrected chi connectivity index (χ4v) is 3.65. The summed E-state index contributed by atoms with van der Waals surface area (Å²) in [6.07, 6.45) is 4.28. The van der Waals surface area contributed by atoms with E-state index >= 15 is 0 Å². The van der Waals surface area contributed by atoms with Crippen LogP contribution < -0.4 is 5.73 Å². The van der Waals surface area contributed by atoms with E-state index in [0.29, 0.717) is 36.6 Å². The molecule has 0 unspecified atom stereocenters. The monoisotopic (exact) mass is 334 g/mol. The minimum Gasteiger partial charge on any atom is -0.369 e. The van der Waals surface area contributed by atoms with Crippen molar-refractivity contribution in [2.24, 2.45) is 11.7 Å². The first-order valence-electron chi connectivity index (χ1n) is 7.45. The van der Waals surface area contributed by atoms with Crippen LogP contribution in [0, 0.1) is 5.92 Å². The maximum atomic E-state index is 12.6. The lowest BCUT2D eigenvalue weighted by Crippen LogP contribution is -2.44. The van der Waals surface area contributed by atoms with E-state index < -0.39 is 0 Å². The number of carbonyl (C=O) groups is 2. The Kier molecular flexibility index (Phi) is 4.46. The first-order valence-corrected chi connectivity index (χ1v) is 8.33. The molecular formula is C14H18N6O2S. The molecule has 0 saturated carbocycles. The van der Waals surface area contributed by atoms with Crippen molar-refractivity contribution in [1.29, 1.82) is 0 Å². The van der Waals surface area contributed by atoms with Gasteiger partial charge in [0, 0.05) is 19.0 Å². The molecule has 0 bridgehead atoms. The Morgan fingerprint density at radius 1 is 1.35 bits per heavy atom. The first-order chi connectivity index (χ1) is 11.1. The fourth-order valence-electron chi connectivity index (χ4n) is 2.69. The number of hydrogen-bond acceptors (Lipinski definition) is 6. The molecule has 0 aromatic carbocycles. The van der Waals surface area contributed by atoms with Crippen molar-refractivity contribution in [1.82, 2.24) is 24.8 Å². The Balaban J connectivity index is 1.64. The number of thioether (sulfide) groups is 1. The SMILES string of the molecule is C[C@H](Sc1ncnc2nc[nH]c12)C(=O)N1CCC(C(N)=O)CC1. The molecule has 1 saturated heterocycles. The number of piperidine rings is 1. The molecule has 2 aromatic heterocycles. The van der Waals surface area contributed by atoms with Crippen LogP contribution >= 0.6 is 11.8 Å². The summed E-state index contributed by atoms with van der Waals surface area (Å²) in [5.74, 6) is -0.347. The highest BCUT2D eigenvalue weighted by Crippen LogP contribution is 2.28. The molecule has 3 N–H and O–H groups in total. The predicted molar refractivity (Wildman–Crippen MR) is 85.5 cm³/mol. The summed E-state index contributed by atoms with van der Waals surface area (Å²) >= 11 is 1.38. The molecule has 1 aliphatic rings. The number of fused-ring (bicyclic) bond motifs is 1. The van der Waals surface area contributed by atoms with Crippen molar-refractivity contribution in [2.75, 3.05) is 13.1 Å². The molecule has 0 spiro atoms. The van der Waals surface area contributed by atoms with Crippen LogP contribution in [0.5, 0.6) is 0 Å². The van der Waals surface area contributed by atoms with E-state index in [0.717, 1.165) is 5.52 Å². The fraction of sp³-hybridized carbons (Fsp3) is 0.500. The number of primary amides is 1. The number of imidazole rings is 1. The zero-order valence-corrected chi connectivity index (χ0v) is 13.5. The molecular weight excluding hydrogens is 316 g/mol. The molecule has 0 radical (unpaired) electrons. The summed E-state index contributed by atoms with van der Waals surface area (Å²) in [6.45, 7) is 3.00. The van der Waals surface area contributed by atoms with Crippen LogP contribution in [0.15, 0.2) is 17.7 Å². The predicted octanol–water partition coefficient (Wildman–Crippen LogP) is 0.557. The van der Waals surface area contributed by atoms with Crippen LogP contribution in [0.1, 0.15) is 19.8 Å². The number of H-pyrrole nitrogens is 1. The quantitative estimate of drug-likeness (QED) is 0.623. The third-order valence-electron chi connectivity index (χ3n) is 4.03. The number of likely N-dealkylation sites (tertiary alicyclic amines) is 1. The summed E-state index contributed by atoms with van der Waals surface area (Å²) in [4.78, 5) is 40.9. The number of carbonyl (C=O) groups excluding carboxylic acids is 2. The van der Waals surface area contributed by atoms with E-state index in [1.54, 1.807) is 11.2 Å². The molecule has 3 heterocycles. The normalized spacial score (nSPS) is 17.3. The second-order valence-electron chi connectivity index (χ2n) is 5.54. The summed E-state index contributed by atoms with van der Waals surface area (Å²) in [7, 11) is 0. The zero-order chi connectivity index (χ0) is 16.4. The largest absolute Gasteiger partial charge is 0.369 e. The van der Waals surface area contributed by atoms with Crippen LogP contribution in [-0.2, 0) is 9.59 Å². The number of nitrogens with one attached hydrogen (secondary N) is 1. The van der Waals surface area contributed by atoms with Crippen LogP contribution in [-0.4, -0.2) is 55.0 Å². The molecule has 0 aliphatic carbocycles. The molecule has 2 amide bonds. The molecule has 3 rings (SSSR count). The van der Waals surface area contributed by atoms with Gasteiger partial charge in [0.15, 0.2) is 5.65 Å². The highest BCUT2D eigenvalue weighted by atomic mass is 32.2. The highest BCUT2D eigenvalue weighted by Gasteiger charge is 2.29. The number of nitrogens with two attached hydrogens (primary N) is 1. The maximum absolute atomic E-state index is 12.6. The van der Waals surface area contributed by atoms with E-state index in [1.807, 2.05) is 6.92 Å². The third-order valence-corrected chi connectivity index (χ3v) is 5.12. The second-order valence-corrected chi connectivity index (χ2v) is 6.87. The minimum absolute atomic E-state index is 0.0456. The van der Waals surface area contributed by atoms with E-state index in [2.05, 4.69) is 19.9 Å². The molecule has 9 heteroatoms. The number of rotatable bonds is 4. The van der Waals surface area contributed by atoms with Crippen LogP contribution in [0.4, 0.5) is 0 Å². The van der Waals surface area contributed by atoms with Crippen molar-refractivity contribution >= 4 is 34.7 Å². The third kappa shape index (κ3) is 3.29. The van der Waals surface area contributed by atoms with Gasteiger partial charge in [-0.15, -0.1) is 0 Å². The number of aromatic amines is 1. The van der Waals surface area contributed by atoms with Gasteiger partial charge in [-0.2, -0.15) is 0 Å². The molecule has 2 aromatic rings. The highest BCUT2D eigenvalue weighted by molar-refractivity contribution is 8.00. The van der Waals surface area contributed by atoms with Gasteiger partial charge in [-0.25, -0.2) is 15.0 Å². The summed E-state index contributed by atoms with van der Waals surface area (Å²) in [5, 5.41) is 0.432. The number of nitrogens with zero attached hydrogens (tertiary/aromatic N) is 4. The molecule has 1 fully saturated rings. The van der Waals surface area contributed by atoms with Gasteiger partial charge in [0.05, 0.1) is 11.6 Å². The standard InChI is InChI=1S/C14H18N6O2S/c1-8(14(22)20-4-2-9(3-5-20)11(15)21)23-13-10-12(17-6-16-10)18-7-19-13/h6-9H,2-5H2,1H3,(H2,15,21)(H,16,17,18,19)/t8-/m0/s1. The van der Waals surface area contributed by atoms with Crippen molar-refractivity contribution in [3.8, 4) is 0 Å². The lowest BCUT2D eigenvalue weighted by Gasteiger charge is -2.32. The minimum atomic E-state index is -0.276. The Bertz CT molecular complexity index is 725. The Labute approximate surface area is 137 Å². The summed E-state index contributed by atoms with van der Waals surface area (Å²) in [5.41, 5.74) is 6.65. The first kappa shape index (κ1) is 15.7. The van der Waals surface area contributed by atoms with Gasteiger partial charge in [0.2, 0.25) is 11.8 Å². The molecule has 1 atom stereocenters. The number of amides is 2. The van der Waals surface area contributed by atoms with Gasteiger partial charge >= 0.3 is 0 Å². The summed E-state index contributed by atoms with van der Waals surface area (Å²) < 4.78 is 0. The summed E-state index contributed by atoms with van der Waals surface area (Å²) in [6, 6.07) is 0. The van der Waals surface area contributed by atoms with Crippen molar-refractivity contribution < 1.29 is 9.59 Å². The Hall–Kier alpha value is -2.16. The van der Waals surface area contributed by atoms with Crippen LogP contribution in [0.25, 0.3) is 11.2 Å². The van der Waals surface area contributed by atoms with Crippen molar-refractivity contribution in [3.05, 3.63) is 12.7 Å². The Morgan fingerprint density at radius 3 is 2.78 bits per heavy atom. The number of aromatic nitrogens is 4. The topological polar surface area (TPSA) is 118 Å². The van der Waals surface area contributed by atoms with Gasteiger partial charge in [0.25, 0.3) is 0 Å². The van der Waals surface area contributed by atoms with Gasteiger partial charge in [0.1, 0.15) is 16.9 Å². The lowest BCUT2D eigenvalue weighted by molar-refractivity contribution is -0.134. The average molecular weight is 334 g/mol. The van der Waals surface area contributed by atoms with Gasteiger partial charge < -0.3 is 15.6 Å². The van der Waals surface area contributed by atoms with Crippen molar-refractivity contribution in [3.63, 3.8) is 0 Å². The molecule has 1 aliphatic heterocycles. The van der Waals surface area contributed by atoms with E-state index in [1.165, 1.54) is 18.1 Å². The average Bonchev–Trinajstić information content (AvgIpc) is 3.04. The molecule has 8 nitrogen and oxygen atoms in total. The number of hydrogen-bond donors (Lipinski definition) is 2. The molecule has 23 heavy (non-hydrogen) atoms. The molecule has 122 valence electrons. The zero-order valence-electron chi connectivity index (χ0n) is 12.7. The smallest absolute Gasteiger partial charge is 0.235 e. The lowest BCUT2D eigenvalue weighted by atomic mass is 9.96. The maximum Gasteiger partial charge on any atom is 0.235 e. The van der Waals surface area contributed by atoms with E-state index in [-0.39, 0.29) is 23.0 Å². The van der Waals surface area contributed by atoms with Crippen molar-refractivity contribution in [2.45, 2.75) is 30.0 Å². The van der Waals surface area contributed by atoms with E-state index in [9.17, 15) is 9.59 Å². The van der Waals surface area contributed by atoms with E-state index in [4.69, 9.17) is 5.73 Å². The van der Waals surface area contributed by atoms with Crippen LogP contribution in [0.2, 0.25) is 0 Å².